The van der Waals surface area contributed by atoms with Gasteiger partial charge in [0.1, 0.15) is 17.9 Å². The maximum Gasteiger partial charge on any atom is 0.254 e. The number of likely N-dealkylation sites (N-methyl/N-ethyl adjacent to an activating group) is 1. The third-order valence-corrected chi connectivity index (χ3v) is 8.17. The van der Waals surface area contributed by atoms with Crippen LogP contribution in [0.25, 0.3) is 17.0 Å². The number of aryl methyl sites for hydroxylation is 1. The zero-order valence-electron chi connectivity index (χ0n) is 24.9. The molecule has 1 N–H and O–H groups in total. The Balaban J connectivity index is 1.17. The average molecular weight is 648 g/mol. The number of ether oxygens (including phenoxy) is 2. The predicted octanol–water partition coefficient (Wildman–Crippen LogP) is 5.69. The molecule has 0 atom stereocenters. The largest absolute Gasteiger partial charge is 0.487 e. The SMILES string of the molecule is Cc1ccc2cccc(OCc3c(Cl)ccc(N(C)C(=O)CNC(=O)/C=C/c4ccc(C(=O)N5CCOCC5)cc4)c3Cl)c2n1. The molecule has 45 heavy (non-hydrogen) atoms. The normalized spacial score (nSPS) is 13.2. The lowest BCUT2D eigenvalue weighted by molar-refractivity contribution is -0.122. The Labute approximate surface area is 271 Å². The molecule has 1 saturated heterocycles. The summed E-state index contributed by atoms with van der Waals surface area (Å²) >= 11 is 13.2. The van der Waals surface area contributed by atoms with Crippen molar-refractivity contribution in [3.05, 3.63) is 105 Å². The number of rotatable bonds is 9. The molecule has 0 saturated carbocycles. The number of nitrogens with one attached hydrogen (secondary N) is 1. The van der Waals surface area contributed by atoms with Gasteiger partial charge in [0.2, 0.25) is 11.8 Å². The summed E-state index contributed by atoms with van der Waals surface area (Å²) in [5, 5.41) is 4.21. The summed E-state index contributed by atoms with van der Waals surface area (Å²) in [6, 6.07) is 19.9. The molecule has 9 nitrogen and oxygen atoms in total. The molecule has 3 amide bonds. The number of anilines is 1. The Bertz CT molecular complexity index is 1750. The molecule has 1 aromatic heterocycles. The Kier molecular flexibility index (Phi) is 10.3. The Morgan fingerprint density at radius 1 is 1.02 bits per heavy atom. The minimum Gasteiger partial charge on any atom is -0.487 e. The molecule has 4 aromatic rings. The third-order valence-electron chi connectivity index (χ3n) is 7.39. The monoisotopic (exact) mass is 646 g/mol. The number of para-hydroxylation sites is 1. The van der Waals surface area contributed by atoms with Crippen molar-refractivity contribution in [3.8, 4) is 5.75 Å². The van der Waals surface area contributed by atoms with E-state index in [-0.39, 0.29) is 30.0 Å². The van der Waals surface area contributed by atoms with Crippen molar-refractivity contribution in [3.63, 3.8) is 0 Å². The number of carbonyl (C=O) groups is 3. The van der Waals surface area contributed by atoms with Crippen molar-refractivity contribution in [2.24, 2.45) is 0 Å². The number of carbonyl (C=O) groups excluding carboxylic acids is 3. The van der Waals surface area contributed by atoms with Crippen molar-refractivity contribution in [2.45, 2.75) is 13.5 Å². The lowest BCUT2D eigenvalue weighted by Crippen LogP contribution is -2.40. The second kappa shape index (κ2) is 14.6. The van der Waals surface area contributed by atoms with E-state index < -0.39 is 5.91 Å². The highest BCUT2D eigenvalue weighted by Crippen LogP contribution is 2.35. The van der Waals surface area contributed by atoms with Gasteiger partial charge in [-0.2, -0.15) is 0 Å². The number of nitrogens with zero attached hydrogens (tertiary/aromatic N) is 3. The number of hydrogen-bond acceptors (Lipinski definition) is 6. The summed E-state index contributed by atoms with van der Waals surface area (Å²) in [5.74, 6) is -0.286. The van der Waals surface area contributed by atoms with Crippen molar-refractivity contribution in [1.29, 1.82) is 0 Å². The molecular weight excluding hydrogens is 615 g/mol. The first kappa shape index (κ1) is 32.0. The number of amides is 3. The summed E-state index contributed by atoms with van der Waals surface area (Å²) in [5.41, 5.74) is 3.85. The molecule has 11 heteroatoms. The molecule has 2 heterocycles. The maximum atomic E-state index is 13.0. The van der Waals surface area contributed by atoms with Crippen molar-refractivity contribution >= 4 is 63.6 Å². The van der Waals surface area contributed by atoms with E-state index >= 15 is 0 Å². The molecule has 5 rings (SSSR count). The van der Waals surface area contributed by atoms with Crippen LogP contribution in [-0.4, -0.2) is 67.5 Å². The smallest absolute Gasteiger partial charge is 0.254 e. The van der Waals surface area contributed by atoms with Gasteiger partial charge in [0.05, 0.1) is 30.5 Å². The molecule has 0 aliphatic carbocycles. The first-order valence-corrected chi connectivity index (χ1v) is 15.1. The van der Waals surface area contributed by atoms with E-state index in [1.54, 1.807) is 54.4 Å². The number of hydrogen-bond donors (Lipinski definition) is 1. The van der Waals surface area contributed by atoms with Gasteiger partial charge in [-0.25, -0.2) is 4.98 Å². The van der Waals surface area contributed by atoms with Gasteiger partial charge in [-0.15, -0.1) is 0 Å². The van der Waals surface area contributed by atoms with Gasteiger partial charge < -0.3 is 24.6 Å². The fraction of sp³-hybridized carbons (Fsp3) is 0.235. The topological polar surface area (TPSA) is 101 Å². The van der Waals surface area contributed by atoms with E-state index in [9.17, 15) is 14.4 Å². The van der Waals surface area contributed by atoms with E-state index in [2.05, 4.69) is 10.3 Å². The molecule has 1 fully saturated rings. The number of morpholine rings is 1. The second-order valence-corrected chi connectivity index (χ2v) is 11.2. The summed E-state index contributed by atoms with van der Waals surface area (Å²) in [6.07, 6.45) is 2.95. The van der Waals surface area contributed by atoms with Crippen LogP contribution in [-0.2, 0) is 20.9 Å². The van der Waals surface area contributed by atoms with Gasteiger partial charge in [0.25, 0.3) is 5.91 Å². The summed E-state index contributed by atoms with van der Waals surface area (Å²) < 4.78 is 11.4. The average Bonchev–Trinajstić information content (AvgIpc) is 3.06. The van der Waals surface area contributed by atoms with Gasteiger partial charge in [-0.3, -0.25) is 14.4 Å². The predicted molar refractivity (Wildman–Crippen MR) is 176 cm³/mol. The molecule has 0 radical (unpaired) electrons. The fourth-order valence-corrected chi connectivity index (χ4v) is 5.40. The Morgan fingerprint density at radius 2 is 1.78 bits per heavy atom. The number of halogens is 2. The van der Waals surface area contributed by atoms with Crippen LogP contribution in [0.3, 0.4) is 0 Å². The van der Waals surface area contributed by atoms with Crippen LogP contribution in [0.4, 0.5) is 5.69 Å². The Hall–Kier alpha value is -4.44. The van der Waals surface area contributed by atoms with E-state index in [1.807, 2.05) is 37.3 Å². The van der Waals surface area contributed by atoms with Crippen LogP contribution in [0.5, 0.6) is 5.75 Å². The second-order valence-electron chi connectivity index (χ2n) is 10.5. The Morgan fingerprint density at radius 3 is 2.53 bits per heavy atom. The van der Waals surface area contributed by atoms with E-state index in [0.717, 1.165) is 22.2 Å². The van der Waals surface area contributed by atoms with Gasteiger partial charge >= 0.3 is 0 Å². The van der Waals surface area contributed by atoms with Crippen molar-refractivity contribution in [2.75, 3.05) is 44.8 Å². The highest BCUT2D eigenvalue weighted by atomic mass is 35.5. The number of benzene rings is 3. The first-order valence-electron chi connectivity index (χ1n) is 14.4. The lowest BCUT2D eigenvalue weighted by Gasteiger charge is -2.26. The molecule has 0 spiro atoms. The van der Waals surface area contributed by atoms with Crippen molar-refractivity contribution < 1.29 is 23.9 Å². The molecule has 232 valence electrons. The van der Waals surface area contributed by atoms with Gasteiger partial charge in [0.15, 0.2) is 0 Å². The van der Waals surface area contributed by atoms with Gasteiger partial charge in [-0.1, -0.05) is 53.5 Å². The minimum atomic E-state index is -0.444. The molecule has 1 aliphatic heterocycles. The first-order chi connectivity index (χ1) is 21.7. The molecular formula is C34H32Cl2N4O5. The highest BCUT2D eigenvalue weighted by molar-refractivity contribution is 6.38. The summed E-state index contributed by atoms with van der Waals surface area (Å²) in [4.78, 5) is 45.7. The van der Waals surface area contributed by atoms with Crippen LogP contribution in [0.15, 0.2) is 72.8 Å². The van der Waals surface area contributed by atoms with Gasteiger partial charge in [0, 0.05) is 53.4 Å². The lowest BCUT2D eigenvalue weighted by atomic mass is 10.1. The molecule has 1 aliphatic rings. The molecule has 0 bridgehead atoms. The third kappa shape index (κ3) is 7.81. The molecule has 3 aromatic carbocycles. The summed E-state index contributed by atoms with van der Waals surface area (Å²) in [7, 11) is 1.57. The van der Waals surface area contributed by atoms with Crippen LogP contribution >= 0.6 is 23.2 Å². The molecule has 0 unspecified atom stereocenters. The van der Waals surface area contributed by atoms with E-state index in [0.29, 0.717) is 53.9 Å². The number of pyridine rings is 1. The summed E-state index contributed by atoms with van der Waals surface area (Å²) in [6.45, 7) is 3.93. The zero-order valence-corrected chi connectivity index (χ0v) is 26.4. The minimum absolute atomic E-state index is 0.0492. The van der Waals surface area contributed by atoms with Crippen LogP contribution in [0.2, 0.25) is 10.0 Å². The quantitative estimate of drug-likeness (QED) is 0.234. The van der Waals surface area contributed by atoms with Crippen LogP contribution in [0.1, 0.15) is 27.2 Å². The number of aromatic nitrogens is 1. The van der Waals surface area contributed by atoms with E-state index in [1.165, 1.54) is 11.0 Å². The van der Waals surface area contributed by atoms with Crippen molar-refractivity contribution in [1.82, 2.24) is 15.2 Å². The van der Waals surface area contributed by atoms with E-state index in [4.69, 9.17) is 32.7 Å². The fourth-order valence-electron chi connectivity index (χ4n) is 4.79. The standard InChI is InChI=1S/C34H32Cl2N4O5/c1-22-6-10-24-4-3-5-29(33(24)38-22)45-21-26-27(35)13-14-28(32(26)36)39(2)31(42)20-37-30(41)15-9-23-7-11-25(12-8-23)34(43)40-16-18-44-19-17-40/h3-15H,16-21H2,1-2H3,(H,37,41)/b15-9+. The van der Waals surface area contributed by atoms with Crippen LogP contribution < -0.4 is 15.0 Å². The number of fused-ring (bicyclic) bond motifs is 1. The highest BCUT2D eigenvalue weighted by Gasteiger charge is 2.20. The van der Waals surface area contributed by atoms with Gasteiger partial charge in [-0.05, 0) is 55.0 Å². The maximum absolute atomic E-state index is 13.0. The van der Waals surface area contributed by atoms with Crippen LogP contribution in [0, 0.1) is 6.92 Å². The zero-order chi connectivity index (χ0) is 31.9.